The van der Waals surface area contributed by atoms with Crippen LogP contribution in [0.25, 0.3) is 0 Å². The normalized spacial score (nSPS) is 11.6. The fraction of sp³-hybridized carbons (Fsp3) is 0.273. The summed E-state index contributed by atoms with van der Waals surface area (Å²) in [6, 6.07) is 6.42. The van der Waals surface area contributed by atoms with Crippen LogP contribution in [-0.2, 0) is 22.2 Å². The molecule has 0 aliphatic carbocycles. The van der Waals surface area contributed by atoms with Crippen molar-refractivity contribution in [2.75, 3.05) is 0 Å². The van der Waals surface area contributed by atoms with Crippen molar-refractivity contribution in [1.29, 1.82) is 0 Å². The van der Waals surface area contributed by atoms with Gasteiger partial charge in [-0.3, -0.25) is 0 Å². The third kappa shape index (κ3) is 3.67. The minimum atomic E-state index is -1.02. The number of rotatable bonds is 4. The van der Waals surface area contributed by atoms with Crippen molar-refractivity contribution in [2.45, 2.75) is 18.9 Å². The topological polar surface area (TPSA) is 80.4 Å². The Morgan fingerprint density at radius 1 is 1.44 bits per heavy atom. The molecule has 0 spiro atoms. The van der Waals surface area contributed by atoms with E-state index in [-0.39, 0.29) is 14.3 Å². The van der Waals surface area contributed by atoms with Gasteiger partial charge in [0.1, 0.15) is 0 Å². The zero-order valence-corrected chi connectivity index (χ0v) is 9.48. The Morgan fingerprint density at radius 2 is 2.06 bits per heavy atom. The quantitative estimate of drug-likeness (QED) is 0.776. The van der Waals surface area contributed by atoms with Crippen molar-refractivity contribution in [3.8, 4) is 5.63 Å². The summed E-state index contributed by atoms with van der Waals surface area (Å²) >= 11 is 0. The summed E-state index contributed by atoms with van der Waals surface area (Å²) in [4.78, 5) is 10.6. The number of carboxylic acid groups (broad SMARTS) is 1. The third-order valence-corrected chi connectivity index (χ3v) is 2.50. The molecule has 16 heavy (non-hydrogen) atoms. The number of carboxylic acids is 1. The van der Waals surface area contributed by atoms with Crippen LogP contribution in [0.5, 0.6) is 0 Å². The number of aliphatic carboxylic acids is 1. The van der Waals surface area contributed by atoms with E-state index in [0.29, 0.717) is 6.42 Å². The molecule has 1 rings (SSSR count). The first-order chi connectivity index (χ1) is 7.65. The third-order valence-electron chi connectivity index (χ3n) is 2.21. The van der Waals surface area contributed by atoms with Crippen LogP contribution in [0.1, 0.15) is 11.1 Å². The molecule has 1 atom stereocenters. The average molecular weight is 237 g/mol. The van der Waals surface area contributed by atoms with Gasteiger partial charge in [-0.1, -0.05) is 0 Å². The van der Waals surface area contributed by atoms with Gasteiger partial charge >= 0.3 is 94.0 Å². The minimum absolute atomic E-state index is 0.147. The number of hydrogen-bond donors (Lipinski definition) is 2. The molecule has 0 aliphatic heterocycles. The molecule has 0 aromatic heterocycles. The standard InChI is InChI=1S/C11H12NO3P/c12-10(11(13)14)7-9-4-2-1-3-8(9)5-6-16-15/h1-4,10H,5,7,12H2,(H,13,14). The van der Waals surface area contributed by atoms with Crippen molar-refractivity contribution in [3.05, 3.63) is 35.4 Å². The summed E-state index contributed by atoms with van der Waals surface area (Å²) in [7, 11) is -0.147. The van der Waals surface area contributed by atoms with Crippen molar-refractivity contribution >= 4 is 13.9 Å². The maximum absolute atomic E-state index is 10.6. The van der Waals surface area contributed by atoms with E-state index in [2.05, 4.69) is 5.63 Å². The van der Waals surface area contributed by atoms with Crippen LogP contribution in [0, 0.1) is 5.63 Å². The van der Waals surface area contributed by atoms with E-state index in [4.69, 9.17) is 10.8 Å². The average Bonchev–Trinajstić information content (AvgIpc) is 2.27. The second-order valence-electron chi connectivity index (χ2n) is 3.34. The van der Waals surface area contributed by atoms with Gasteiger partial charge in [0.15, 0.2) is 0 Å². The molecule has 0 fully saturated rings. The van der Waals surface area contributed by atoms with Gasteiger partial charge in [0, 0.05) is 0 Å². The van der Waals surface area contributed by atoms with Crippen LogP contribution in [0.15, 0.2) is 24.3 Å². The maximum atomic E-state index is 10.6. The molecule has 0 amide bonds. The number of benzene rings is 1. The van der Waals surface area contributed by atoms with E-state index in [1.165, 1.54) is 0 Å². The summed E-state index contributed by atoms with van der Waals surface area (Å²) in [5.74, 6) is -1.02. The van der Waals surface area contributed by atoms with Gasteiger partial charge < -0.3 is 0 Å². The van der Waals surface area contributed by atoms with Crippen LogP contribution < -0.4 is 5.73 Å². The van der Waals surface area contributed by atoms with Gasteiger partial charge in [-0.25, -0.2) is 0 Å². The molecule has 5 heteroatoms. The first-order valence-corrected chi connectivity index (χ1v) is 5.56. The van der Waals surface area contributed by atoms with Crippen molar-refractivity contribution < 1.29 is 14.5 Å². The zero-order chi connectivity index (χ0) is 12.0. The van der Waals surface area contributed by atoms with Crippen molar-refractivity contribution in [1.82, 2.24) is 0 Å². The molecule has 1 aromatic carbocycles. The molecule has 0 saturated heterocycles. The molecule has 84 valence electrons. The second kappa shape index (κ2) is 6.29. The molecule has 0 bridgehead atoms. The van der Waals surface area contributed by atoms with Gasteiger partial charge in [0.2, 0.25) is 0 Å². The summed E-state index contributed by atoms with van der Waals surface area (Å²) < 4.78 is 10.3. The van der Waals surface area contributed by atoms with E-state index in [9.17, 15) is 9.36 Å². The molecule has 3 N–H and O–H groups in total. The van der Waals surface area contributed by atoms with Gasteiger partial charge in [-0.05, 0) is 0 Å². The van der Waals surface area contributed by atoms with Crippen LogP contribution in [0.4, 0.5) is 0 Å². The van der Waals surface area contributed by atoms with Crippen LogP contribution >= 0.6 is 7.92 Å². The van der Waals surface area contributed by atoms with E-state index in [1.807, 2.05) is 24.3 Å². The Bertz CT molecular complexity index is 481. The Hall–Kier alpha value is -1.34. The number of hydrogen-bond acceptors (Lipinski definition) is 3. The van der Waals surface area contributed by atoms with Gasteiger partial charge in [0.25, 0.3) is 0 Å². The molecule has 1 unspecified atom stereocenters. The van der Waals surface area contributed by atoms with E-state index >= 15 is 0 Å². The van der Waals surface area contributed by atoms with Crippen LogP contribution in [0.3, 0.4) is 0 Å². The van der Waals surface area contributed by atoms with E-state index in [1.54, 1.807) is 0 Å². The van der Waals surface area contributed by atoms with Crippen LogP contribution in [0.2, 0.25) is 0 Å². The predicted octanol–water partition coefficient (Wildman–Crippen LogP) is 1.43. The SMILES string of the molecule is NC(Cc1ccccc1CC#P=O)C(=O)O. The van der Waals surface area contributed by atoms with Gasteiger partial charge in [-0.15, -0.1) is 0 Å². The second-order valence-corrected chi connectivity index (χ2v) is 3.84. The molecule has 0 heterocycles. The fourth-order valence-corrected chi connectivity index (χ4v) is 1.61. The first kappa shape index (κ1) is 12.7. The predicted molar refractivity (Wildman–Crippen MR) is 61.0 cm³/mol. The summed E-state index contributed by atoms with van der Waals surface area (Å²) in [6.07, 6.45) is 0.691. The Morgan fingerprint density at radius 3 is 2.62 bits per heavy atom. The zero-order valence-electron chi connectivity index (χ0n) is 8.59. The Balaban J connectivity index is 2.88. The molecule has 0 radical (unpaired) electrons. The van der Waals surface area contributed by atoms with E-state index < -0.39 is 12.0 Å². The molecule has 4 nitrogen and oxygen atoms in total. The summed E-state index contributed by atoms with van der Waals surface area (Å²) in [5, 5.41) is 8.72. The van der Waals surface area contributed by atoms with Gasteiger partial charge in [-0.2, -0.15) is 0 Å². The van der Waals surface area contributed by atoms with Crippen LogP contribution in [-0.4, -0.2) is 17.1 Å². The van der Waals surface area contributed by atoms with Gasteiger partial charge in [0.05, 0.1) is 0 Å². The molecule has 0 saturated carbocycles. The van der Waals surface area contributed by atoms with Crippen molar-refractivity contribution in [3.63, 3.8) is 0 Å². The summed E-state index contributed by atoms with van der Waals surface area (Å²) in [6.45, 7) is 0. The Kier molecular flexibility index (Phi) is 5.00. The summed E-state index contributed by atoms with van der Waals surface area (Å²) in [5.41, 5.74) is 9.86. The molecular formula is C11H12NO3P. The Labute approximate surface area is 94.6 Å². The molecular weight excluding hydrogens is 225 g/mol. The molecule has 0 aliphatic rings. The monoisotopic (exact) mass is 237 g/mol. The first-order valence-electron chi connectivity index (χ1n) is 4.75. The molecule has 1 aromatic rings. The number of carbonyl (C=O) groups is 1. The van der Waals surface area contributed by atoms with E-state index in [0.717, 1.165) is 11.1 Å². The van der Waals surface area contributed by atoms with Crippen molar-refractivity contribution in [2.24, 2.45) is 5.73 Å². The fourth-order valence-electron chi connectivity index (χ4n) is 1.37. The number of nitrogens with two attached hydrogens (primary N) is 1.